The fourth-order valence-electron chi connectivity index (χ4n) is 5.86. The van der Waals surface area contributed by atoms with Crippen LogP contribution >= 0.6 is 0 Å². The van der Waals surface area contributed by atoms with Gasteiger partial charge in [0.2, 0.25) is 5.91 Å². The first-order chi connectivity index (χ1) is 16.4. The number of nitrogens with one attached hydrogen (secondary N) is 1. The largest absolute Gasteiger partial charge is 0.443 e. The highest BCUT2D eigenvalue weighted by atomic mass is 19.3. The van der Waals surface area contributed by atoms with Crippen molar-refractivity contribution in [1.82, 2.24) is 15.1 Å². The van der Waals surface area contributed by atoms with Crippen LogP contribution in [-0.4, -0.2) is 85.8 Å². The zero-order valence-corrected chi connectivity index (χ0v) is 19.8. The number of amides is 2. The molecule has 3 fully saturated rings. The predicted octanol–water partition coefficient (Wildman–Crippen LogP) is 3.40. The molecule has 2 saturated heterocycles. The summed E-state index contributed by atoms with van der Waals surface area (Å²) < 4.78 is 36.6. The molecule has 1 saturated carbocycles. The minimum Gasteiger partial charge on any atom is -0.443 e. The Balaban J connectivity index is 1.43. The third kappa shape index (κ3) is 5.86. The Labute approximate surface area is 199 Å². The van der Waals surface area contributed by atoms with Crippen LogP contribution in [0.2, 0.25) is 0 Å². The molecule has 9 heteroatoms. The molecule has 1 aliphatic carbocycles. The van der Waals surface area contributed by atoms with Gasteiger partial charge in [-0.3, -0.25) is 9.69 Å². The highest BCUT2D eigenvalue weighted by molar-refractivity contribution is 5.80. The number of carbonyl (C=O) groups excluding carboxylic acids is 2. The zero-order valence-electron chi connectivity index (χ0n) is 19.8. The lowest BCUT2D eigenvalue weighted by Gasteiger charge is -2.53. The number of piperazine rings is 1. The molecule has 1 spiro atoms. The SMILES string of the molecule is CN1CC(=O)NC2(CCCN(C(=O)OCC(F)F)C2COC2CCC(c3ccccc3)CC2)C1. The van der Waals surface area contributed by atoms with Gasteiger partial charge in [-0.1, -0.05) is 30.3 Å². The molecule has 4 rings (SSSR count). The van der Waals surface area contributed by atoms with Gasteiger partial charge in [0.1, 0.15) is 0 Å². The van der Waals surface area contributed by atoms with Gasteiger partial charge in [-0.2, -0.15) is 0 Å². The molecule has 188 valence electrons. The van der Waals surface area contributed by atoms with Crippen LogP contribution < -0.4 is 5.32 Å². The van der Waals surface area contributed by atoms with Gasteiger partial charge in [-0.15, -0.1) is 0 Å². The zero-order chi connectivity index (χ0) is 24.1. The molecule has 0 bridgehead atoms. The molecule has 0 radical (unpaired) electrons. The molecular weight excluding hydrogens is 444 g/mol. The van der Waals surface area contributed by atoms with Gasteiger partial charge in [0.05, 0.1) is 30.8 Å². The number of hydrogen-bond donors (Lipinski definition) is 1. The van der Waals surface area contributed by atoms with Crippen molar-refractivity contribution >= 4 is 12.0 Å². The Kier molecular flexibility index (Phi) is 8.03. The van der Waals surface area contributed by atoms with Crippen LogP contribution in [0.25, 0.3) is 0 Å². The van der Waals surface area contributed by atoms with E-state index in [4.69, 9.17) is 9.47 Å². The van der Waals surface area contributed by atoms with Gasteiger partial charge >= 0.3 is 6.09 Å². The maximum absolute atomic E-state index is 12.7. The third-order valence-corrected chi connectivity index (χ3v) is 7.39. The van der Waals surface area contributed by atoms with Gasteiger partial charge < -0.3 is 19.7 Å². The first-order valence-corrected chi connectivity index (χ1v) is 12.2. The molecule has 2 aliphatic heterocycles. The number of nitrogens with zero attached hydrogens (tertiary/aromatic N) is 2. The van der Waals surface area contributed by atoms with E-state index in [9.17, 15) is 18.4 Å². The van der Waals surface area contributed by atoms with E-state index in [-0.39, 0.29) is 25.2 Å². The summed E-state index contributed by atoms with van der Waals surface area (Å²) in [5.74, 6) is 0.416. The number of alkyl halides is 2. The first-order valence-electron chi connectivity index (χ1n) is 12.2. The molecule has 2 heterocycles. The second kappa shape index (κ2) is 11.0. The van der Waals surface area contributed by atoms with E-state index >= 15 is 0 Å². The Morgan fingerprint density at radius 2 is 1.94 bits per heavy atom. The van der Waals surface area contributed by atoms with Crippen LogP contribution in [0.15, 0.2) is 30.3 Å². The number of likely N-dealkylation sites (tertiary alicyclic amines) is 1. The number of piperidine rings is 1. The van der Waals surface area contributed by atoms with Crippen molar-refractivity contribution in [3.8, 4) is 0 Å². The average Bonchev–Trinajstić information content (AvgIpc) is 2.82. The number of halogens is 2. The van der Waals surface area contributed by atoms with E-state index in [1.165, 1.54) is 10.5 Å². The Morgan fingerprint density at radius 1 is 1.21 bits per heavy atom. The minimum atomic E-state index is -2.72. The lowest BCUT2D eigenvalue weighted by molar-refractivity contribution is -0.133. The fraction of sp³-hybridized carbons (Fsp3) is 0.680. The number of hydrogen-bond acceptors (Lipinski definition) is 5. The molecule has 2 atom stereocenters. The smallest absolute Gasteiger partial charge is 0.410 e. The molecule has 1 N–H and O–H groups in total. The Hall–Kier alpha value is -2.26. The summed E-state index contributed by atoms with van der Waals surface area (Å²) in [7, 11) is 1.87. The second-order valence-corrected chi connectivity index (χ2v) is 9.87. The first kappa shape index (κ1) is 24.9. The van der Waals surface area contributed by atoms with Gasteiger partial charge in [0, 0.05) is 13.1 Å². The number of carbonyl (C=O) groups is 2. The van der Waals surface area contributed by atoms with Gasteiger partial charge in [0.25, 0.3) is 6.43 Å². The van der Waals surface area contributed by atoms with E-state index in [1.54, 1.807) is 0 Å². The average molecular weight is 480 g/mol. The summed E-state index contributed by atoms with van der Waals surface area (Å²) in [6.45, 7) is 0.531. The third-order valence-electron chi connectivity index (χ3n) is 7.39. The maximum atomic E-state index is 12.7. The number of benzene rings is 1. The highest BCUT2D eigenvalue weighted by Crippen LogP contribution is 2.36. The summed E-state index contributed by atoms with van der Waals surface area (Å²) in [5.41, 5.74) is 0.668. The van der Waals surface area contributed by atoms with E-state index in [2.05, 4.69) is 29.6 Å². The maximum Gasteiger partial charge on any atom is 0.410 e. The van der Waals surface area contributed by atoms with Crippen LogP contribution in [-0.2, 0) is 14.3 Å². The summed E-state index contributed by atoms with van der Waals surface area (Å²) in [4.78, 5) is 28.6. The van der Waals surface area contributed by atoms with Crippen LogP contribution in [0.4, 0.5) is 13.6 Å². The van der Waals surface area contributed by atoms with Crippen molar-refractivity contribution in [2.24, 2.45) is 0 Å². The Bertz CT molecular complexity index is 835. The number of likely N-dealkylation sites (N-methyl/N-ethyl adjacent to an activating group) is 1. The summed E-state index contributed by atoms with van der Waals surface area (Å²) in [6, 6.07) is 10.0. The van der Waals surface area contributed by atoms with Crippen molar-refractivity contribution in [1.29, 1.82) is 0 Å². The molecular formula is C25H35F2N3O4. The van der Waals surface area contributed by atoms with E-state index in [1.807, 2.05) is 18.0 Å². The van der Waals surface area contributed by atoms with E-state index in [0.717, 1.165) is 25.7 Å². The van der Waals surface area contributed by atoms with Crippen molar-refractivity contribution < 1.29 is 27.8 Å². The topological polar surface area (TPSA) is 71.1 Å². The standard InChI is InChI=1S/C25H35F2N3O4/c1-29-14-23(31)28-25(17-29)12-5-13-30(24(32)34-16-22(26)27)21(25)15-33-20-10-8-19(9-11-20)18-6-3-2-4-7-18/h2-4,6-7,19-22H,5,8-17H2,1H3,(H,28,31). The second-order valence-electron chi connectivity index (χ2n) is 9.87. The van der Waals surface area contributed by atoms with E-state index < -0.39 is 30.7 Å². The summed E-state index contributed by atoms with van der Waals surface area (Å²) >= 11 is 0. The molecule has 2 unspecified atom stereocenters. The van der Waals surface area contributed by atoms with Crippen molar-refractivity contribution in [2.45, 2.75) is 68.6 Å². The fourth-order valence-corrected chi connectivity index (χ4v) is 5.86. The molecule has 3 aliphatic rings. The van der Waals surface area contributed by atoms with Gasteiger partial charge in [0.15, 0.2) is 6.61 Å². The monoisotopic (exact) mass is 479 g/mol. The molecule has 0 aromatic heterocycles. The minimum absolute atomic E-state index is 0.0647. The molecule has 1 aromatic rings. The lowest BCUT2D eigenvalue weighted by Crippen LogP contribution is -2.74. The van der Waals surface area contributed by atoms with Crippen LogP contribution in [0, 0.1) is 0 Å². The van der Waals surface area contributed by atoms with Gasteiger partial charge in [-0.05, 0) is 57.1 Å². The Morgan fingerprint density at radius 3 is 2.62 bits per heavy atom. The lowest BCUT2D eigenvalue weighted by atomic mass is 9.79. The molecule has 1 aromatic carbocycles. The van der Waals surface area contributed by atoms with Crippen LogP contribution in [0.3, 0.4) is 0 Å². The van der Waals surface area contributed by atoms with Gasteiger partial charge in [-0.25, -0.2) is 13.6 Å². The number of ether oxygens (including phenoxy) is 2. The van der Waals surface area contributed by atoms with Crippen molar-refractivity contribution in [3.05, 3.63) is 35.9 Å². The summed E-state index contributed by atoms with van der Waals surface area (Å²) in [5, 5.41) is 3.12. The van der Waals surface area contributed by atoms with Crippen molar-refractivity contribution in [2.75, 3.05) is 39.9 Å². The summed E-state index contributed by atoms with van der Waals surface area (Å²) in [6.07, 6.45) is 1.81. The van der Waals surface area contributed by atoms with Crippen LogP contribution in [0.1, 0.15) is 50.0 Å². The highest BCUT2D eigenvalue weighted by Gasteiger charge is 2.50. The van der Waals surface area contributed by atoms with Crippen LogP contribution in [0.5, 0.6) is 0 Å². The normalized spacial score (nSPS) is 30.4. The quantitative estimate of drug-likeness (QED) is 0.677. The van der Waals surface area contributed by atoms with Crippen molar-refractivity contribution in [3.63, 3.8) is 0 Å². The molecule has 7 nitrogen and oxygen atoms in total. The van der Waals surface area contributed by atoms with E-state index in [0.29, 0.717) is 31.8 Å². The molecule has 2 amide bonds. The number of rotatable bonds is 6. The molecule has 34 heavy (non-hydrogen) atoms. The predicted molar refractivity (Wildman–Crippen MR) is 123 cm³/mol.